The predicted molar refractivity (Wildman–Crippen MR) is 131 cm³/mol. The van der Waals surface area contributed by atoms with Crippen LogP contribution in [0, 0.1) is 5.92 Å². The molecule has 2 aliphatic heterocycles. The first kappa shape index (κ1) is 22.7. The van der Waals surface area contributed by atoms with E-state index in [2.05, 4.69) is 15.2 Å². The first-order valence-corrected chi connectivity index (χ1v) is 12.2. The predicted octanol–water partition coefficient (Wildman–Crippen LogP) is 3.74. The van der Waals surface area contributed by atoms with Gasteiger partial charge in [-0.05, 0) is 67.7 Å². The van der Waals surface area contributed by atoms with Gasteiger partial charge in [-0.2, -0.15) is 0 Å². The highest BCUT2D eigenvalue weighted by Crippen LogP contribution is 2.34. The van der Waals surface area contributed by atoms with Gasteiger partial charge in [-0.3, -0.25) is 9.69 Å². The molecule has 1 atom stereocenters. The number of nitrogens with one attached hydrogen (secondary N) is 1. The van der Waals surface area contributed by atoms with E-state index in [0.29, 0.717) is 24.0 Å². The van der Waals surface area contributed by atoms with Gasteiger partial charge in [-0.1, -0.05) is 17.7 Å². The molecule has 5 rings (SSSR count). The minimum absolute atomic E-state index is 0.000250. The first-order chi connectivity index (χ1) is 16.6. The topological polar surface area (TPSA) is 68.6 Å². The summed E-state index contributed by atoms with van der Waals surface area (Å²) in [7, 11) is 0. The zero-order valence-electron chi connectivity index (χ0n) is 19.0. The fourth-order valence-corrected chi connectivity index (χ4v) is 4.67. The number of fused-ring (bicyclic) bond motifs is 1. The SMILES string of the molecule is O=C(Cc1ccc(-n2cccc2)nc1)NCC1CCN(C[C@H]2COc3ccc(Cl)cc3O2)CC1. The van der Waals surface area contributed by atoms with Gasteiger partial charge in [0, 0.05) is 42.8 Å². The molecule has 0 saturated carbocycles. The van der Waals surface area contributed by atoms with Gasteiger partial charge in [0.25, 0.3) is 0 Å². The third-order valence-corrected chi connectivity index (χ3v) is 6.66. The summed E-state index contributed by atoms with van der Waals surface area (Å²) < 4.78 is 13.9. The molecule has 0 aliphatic carbocycles. The Morgan fingerprint density at radius 2 is 1.94 bits per heavy atom. The van der Waals surface area contributed by atoms with Gasteiger partial charge < -0.3 is 19.4 Å². The second kappa shape index (κ2) is 10.5. The maximum atomic E-state index is 12.4. The van der Waals surface area contributed by atoms with Crippen LogP contribution in [-0.2, 0) is 11.2 Å². The number of pyridine rings is 1. The highest BCUT2D eigenvalue weighted by atomic mass is 35.5. The Morgan fingerprint density at radius 1 is 1.12 bits per heavy atom. The van der Waals surface area contributed by atoms with E-state index >= 15 is 0 Å². The average molecular weight is 481 g/mol. The molecule has 1 aromatic carbocycles. The summed E-state index contributed by atoms with van der Waals surface area (Å²) in [6, 6.07) is 13.3. The normalized spacial score (nSPS) is 18.6. The molecule has 3 aromatic rings. The summed E-state index contributed by atoms with van der Waals surface area (Å²) in [5, 5.41) is 3.76. The van der Waals surface area contributed by atoms with Crippen molar-refractivity contribution in [2.24, 2.45) is 5.92 Å². The molecule has 0 radical (unpaired) electrons. The Kier molecular flexibility index (Phi) is 7.02. The molecule has 7 nitrogen and oxygen atoms in total. The van der Waals surface area contributed by atoms with Crippen LogP contribution in [0.1, 0.15) is 18.4 Å². The molecule has 1 fully saturated rings. The number of likely N-dealkylation sites (tertiary alicyclic amines) is 1. The summed E-state index contributed by atoms with van der Waals surface area (Å²) in [5.41, 5.74) is 0.917. The van der Waals surface area contributed by atoms with Gasteiger partial charge in [-0.15, -0.1) is 0 Å². The highest BCUT2D eigenvalue weighted by molar-refractivity contribution is 6.30. The van der Waals surface area contributed by atoms with Gasteiger partial charge in [0.1, 0.15) is 18.5 Å². The number of ether oxygens (including phenoxy) is 2. The molecular weight excluding hydrogens is 452 g/mol. The molecule has 1 amide bonds. The number of rotatable bonds is 7. The summed E-state index contributed by atoms with van der Waals surface area (Å²) >= 11 is 6.08. The van der Waals surface area contributed by atoms with Crippen LogP contribution >= 0.6 is 11.6 Å². The van der Waals surface area contributed by atoms with E-state index in [0.717, 1.165) is 61.9 Å². The van der Waals surface area contributed by atoms with E-state index in [9.17, 15) is 4.79 Å². The molecule has 0 bridgehead atoms. The van der Waals surface area contributed by atoms with Crippen molar-refractivity contribution in [2.45, 2.75) is 25.4 Å². The summed E-state index contributed by atoms with van der Waals surface area (Å²) in [5.74, 6) is 2.86. The first-order valence-electron chi connectivity index (χ1n) is 11.8. The Hall–Kier alpha value is -3.03. The molecule has 2 aliphatic rings. The molecule has 2 aromatic heterocycles. The van der Waals surface area contributed by atoms with E-state index in [4.69, 9.17) is 21.1 Å². The van der Waals surface area contributed by atoms with Crippen molar-refractivity contribution in [3.63, 3.8) is 0 Å². The fraction of sp³-hybridized carbons (Fsp3) is 0.385. The quantitative estimate of drug-likeness (QED) is 0.558. The second-order valence-corrected chi connectivity index (χ2v) is 9.42. The van der Waals surface area contributed by atoms with E-state index < -0.39 is 0 Å². The zero-order valence-corrected chi connectivity index (χ0v) is 19.8. The lowest BCUT2D eigenvalue weighted by molar-refractivity contribution is -0.120. The van der Waals surface area contributed by atoms with Crippen molar-refractivity contribution >= 4 is 17.5 Å². The van der Waals surface area contributed by atoms with Crippen LogP contribution in [0.4, 0.5) is 0 Å². The van der Waals surface area contributed by atoms with Crippen molar-refractivity contribution in [3.8, 4) is 17.3 Å². The lowest BCUT2D eigenvalue weighted by Crippen LogP contribution is -2.45. The number of hydrogen-bond donors (Lipinski definition) is 1. The summed E-state index contributed by atoms with van der Waals surface area (Å²) in [6.07, 6.45) is 8.14. The maximum absolute atomic E-state index is 12.4. The van der Waals surface area contributed by atoms with Crippen molar-refractivity contribution in [1.29, 1.82) is 0 Å². The van der Waals surface area contributed by atoms with Crippen molar-refractivity contribution < 1.29 is 14.3 Å². The zero-order chi connectivity index (χ0) is 23.3. The fourth-order valence-electron chi connectivity index (χ4n) is 4.51. The monoisotopic (exact) mass is 480 g/mol. The smallest absolute Gasteiger partial charge is 0.224 e. The van der Waals surface area contributed by atoms with Crippen LogP contribution in [0.25, 0.3) is 5.82 Å². The Labute approximate surface area is 204 Å². The lowest BCUT2D eigenvalue weighted by atomic mass is 9.96. The number of carbonyl (C=O) groups is 1. The Bertz CT molecular complexity index is 1100. The van der Waals surface area contributed by atoms with Gasteiger partial charge in [0.05, 0.1) is 6.42 Å². The van der Waals surface area contributed by atoms with Crippen molar-refractivity contribution in [1.82, 2.24) is 19.8 Å². The third-order valence-electron chi connectivity index (χ3n) is 6.42. The molecule has 0 unspecified atom stereocenters. The molecule has 0 spiro atoms. The number of halogens is 1. The summed E-state index contributed by atoms with van der Waals surface area (Å²) in [6.45, 7) is 4.08. The van der Waals surface area contributed by atoms with Gasteiger partial charge >= 0.3 is 0 Å². The van der Waals surface area contributed by atoms with Crippen molar-refractivity contribution in [3.05, 3.63) is 71.6 Å². The van der Waals surface area contributed by atoms with Crippen molar-refractivity contribution in [2.75, 3.05) is 32.8 Å². The van der Waals surface area contributed by atoms with Gasteiger partial charge in [-0.25, -0.2) is 4.98 Å². The van der Waals surface area contributed by atoms with E-state index in [-0.39, 0.29) is 12.0 Å². The minimum Gasteiger partial charge on any atom is -0.486 e. The van der Waals surface area contributed by atoms with Crippen LogP contribution < -0.4 is 14.8 Å². The average Bonchev–Trinajstić information content (AvgIpc) is 3.39. The molecule has 4 heterocycles. The number of aromatic nitrogens is 2. The van der Waals surface area contributed by atoms with E-state index in [1.807, 2.05) is 59.4 Å². The number of carbonyl (C=O) groups excluding carboxylic acids is 1. The van der Waals surface area contributed by atoms with Gasteiger partial charge in [0.15, 0.2) is 11.5 Å². The number of piperidine rings is 1. The molecule has 178 valence electrons. The van der Waals surface area contributed by atoms with E-state index in [1.165, 1.54) is 0 Å². The summed E-state index contributed by atoms with van der Waals surface area (Å²) in [4.78, 5) is 19.3. The molecule has 34 heavy (non-hydrogen) atoms. The molecule has 1 saturated heterocycles. The number of amides is 1. The number of nitrogens with zero attached hydrogens (tertiary/aromatic N) is 3. The third kappa shape index (κ3) is 5.72. The van der Waals surface area contributed by atoms with Crippen LogP contribution in [-0.4, -0.2) is 59.2 Å². The van der Waals surface area contributed by atoms with Gasteiger partial charge in [0.2, 0.25) is 5.91 Å². The molecular formula is C26H29ClN4O3. The van der Waals surface area contributed by atoms with Crippen LogP contribution in [0.3, 0.4) is 0 Å². The van der Waals surface area contributed by atoms with Crippen LogP contribution in [0.15, 0.2) is 61.1 Å². The standard InChI is InChI=1S/C26H29ClN4O3/c27-21-4-5-23-24(14-21)34-22(18-33-23)17-30-11-7-19(8-12-30)15-29-26(32)13-20-3-6-25(28-16-20)31-9-1-2-10-31/h1-6,9-10,14,16,19,22H,7-8,11-13,15,17-18H2,(H,29,32)/t22-/m0/s1. The molecule has 8 heteroatoms. The number of benzene rings is 1. The largest absolute Gasteiger partial charge is 0.486 e. The highest BCUT2D eigenvalue weighted by Gasteiger charge is 2.26. The van der Waals surface area contributed by atoms with E-state index in [1.54, 1.807) is 6.20 Å². The second-order valence-electron chi connectivity index (χ2n) is 8.98. The van der Waals surface area contributed by atoms with Crippen LogP contribution in [0.2, 0.25) is 5.02 Å². The lowest BCUT2D eigenvalue weighted by Gasteiger charge is -2.35. The maximum Gasteiger partial charge on any atom is 0.224 e. The minimum atomic E-state index is -0.000250. The Balaban J connectivity index is 1.02. The molecule has 1 N–H and O–H groups in total. The Morgan fingerprint density at radius 3 is 2.71 bits per heavy atom. The number of hydrogen-bond acceptors (Lipinski definition) is 5. The van der Waals surface area contributed by atoms with Crippen LogP contribution in [0.5, 0.6) is 11.5 Å².